The molecule has 0 atom stereocenters. The highest BCUT2D eigenvalue weighted by molar-refractivity contribution is 7.17. The molecule has 114 valence electrons. The van der Waals surface area contributed by atoms with Gasteiger partial charge in [0.2, 0.25) is 0 Å². The highest BCUT2D eigenvalue weighted by atomic mass is 35.5. The Balaban J connectivity index is 2.36. The third kappa shape index (κ3) is 3.35. The van der Waals surface area contributed by atoms with Gasteiger partial charge in [-0.1, -0.05) is 41.1 Å². The Labute approximate surface area is 136 Å². The van der Waals surface area contributed by atoms with Gasteiger partial charge in [-0.2, -0.15) is 0 Å². The van der Waals surface area contributed by atoms with E-state index in [-0.39, 0.29) is 12.5 Å². The zero-order valence-corrected chi connectivity index (χ0v) is 13.4. The molecule has 0 saturated carbocycles. The van der Waals surface area contributed by atoms with Crippen molar-refractivity contribution in [2.75, 3.05) is 18.6 Å². The SMILES string of the molecule is C=CCN(C(=O)c1ccccc1Cl)c1ncc(C(=O)OC)s1. The summed E-state index contributed by atoms with van der Waals surface area (Å²) >= 11 is 7.14. The average Bonchev–Trinajstić information content (AvgIpc) is 3.01. The van der Waals surface area contributed by atoms with Crippen LogP contribution in [0.5, 0.6) is 0 Å². The van der Waals surface area contributed by atoms with E-state index in [2.05, 4.69) is 16.3 Å². The van der Waals surface area contributed by atoms with E-state index in [1.165, 1.54) is 18.2 Å². The molecule has 0 aliphatic rings. The highest BCUT2D eigenvalue weighted by Crippen LogP contribution is 2.26. The molecular formula is C15H13ClN2O3S. The second-order valence-electron chi connectivity index (χ2n) is 4.18. The molecule has 0 fully saturated rings. The fraction of sp³-hybridized carbons (Fsp3) is 0.133. The number of hydrogen-bond acceptors (Lipinski definition) is 5. The van der Waals surface area contributed by atoms with Gasteiger partial charge in [-0.3, -0.25) is 9.69 Å². The number of carbonyl (C=O) groups excluding carboxylic acids is 2. The molecule has 0 bridgehead atoms. The van der Waals surface area contributed by atoms with E-state index in [0.29, 0.717) is 20.6 Å². The summed E-state index contributed by atoms with van der Waals surface area (Å²) < 4.78 is 4.64. The van der Waals surface area contributed by atoms with Crippen molar-refractivity contribution in [3.8, 4) is 0 Å². The molecule has 0 unspecified atom stereocenters. The summed E-state index contributed by atoms with van der Waals surface area (Å²) in [5.74, 6) is -0.802. The normalized spacial score (nSPS) is 10.1. The lowest BCUT2D eigenvalue weighted by molar-refractivity contribution is 0.0606. The number of rotatable bonds is 5. The lowest BCUT2D eigenvalue weighted by Gasteiger charge is -2.18. The third-order valence-corrected chi connectivity index (χ3v) is 4.10. The fourth-order valence-corrected chi connectivity index (χ4v) is 2.80. The van der Waals surface area contributed by atoms with Gasteiger partial charge in [-0.05, 0) is 12.1 Å². The van der Waals surface area contributed by atoms with Gasteiger partial charge >= 0.3 is 5.97 Å². The number of hydrogen-bond donors (Lipinski definition) is 0. The van der Waals surface area contributed by atoms with Gasteiger partial charge in [0.05, 0.1) is 23.9 Å². The standard InChI is InChI=1S/C15H13ClN2O3S/c1-3-8-18(13(19)10-6-4-5-7-11(10)16)15-17-9-12(22-15)14(20)21-2/h3-7,9H,1,8H2,2H3. The average molecular weight is 337 g/mol. The first kappa shape index (κ1) is 16.2. The predicted molar refractivity (Wildman–Crippen MR) is 86.8 cm³/mol. The van der Waals surface area contributed by atoms with Crippen LogP contribution < -0.4 is 4.90 Å². The number of aromatic nitrogens is 1. The monoisotopic (exact) mass is 336 g/mol. The van der Waals surface area contributed by atoms with Crippen molar-refractivity contribution in [3.05, 3.63) is 58.6 Å². The molecule has 0 radical (unpaired) electrons. The predicted octanol–water partition coefficient (Wildman–Crippen LogP) is 3.42. The molecule has 22 heavy (non-hydrogen) atoms. The molecule has 1 aromatic heterocycles. The van der Waals surface area contributed by atoms with Gasteiger partial charge in [0.15, 0.2) is 5.13 Å². The van der Waals surface area contributed by atoms with Crippen LogP contribution in [0, 0.1) is 0 Å². The number of amides is 1. The number of halogens is 1. The van der Waals surface area contributed by atoms with Crippen LogP contribution in [0.3, 0.4) is 0 Å². The zero-order valence-electron chi connectivity index (χ0n) is 11.8. The number of anilines is 1. The molecule has 2 aromatic rings. The Kier molecular flexibility index (Phi) is 5.30. The van der Waals surface area contributed by atoms with Crippen molar-refractivity contribution in [1.29, 1.82) is 0 Å². The Morgan fingerprint density at radius 3 is 2.82 bits per heavy atom. The van der Waals surface area contributed by atoms with Gasteiger partial charge in [0.25, 0.3) is 5.91 Å². The summed E-state index contributed by atoms with van der Waals surface area (Å²) in [6.45, 7) is 3.89. The lowest BCUT2D eigenvalue weighted by Crippen LogP contribution is -2.31. The number of esters is 1. The Morgan fingerprint density at radius 2 is 2.18 bits per heavy atom. The summed E-state index contributed by atoms with van der Waals surface area (Å²) in [4.78, 5) is 30.0. The van der Waals surface area contributed by atoms with Gasteiger partial charge in [-0.15, -0.1) is 6.58 Å². The van der Waals surface area contributed by atoms with Crippen molar-refractivity contribution in [2.24, 2.45) is 0 Å². The van der Waals surface area contributed by atoms with Gasteiger partial charge < -0.3 is 4.74 Å². The molecule has 5 nitrogen and oxygen atoms in total. The highest BCUT2D eigenvalue weighted by Gasteiger charge is 2.22. The largest absolute Gasteiger partial charge is 0.465 e. The van der Waals surface area contributed by atoms with Crippen LogP contribution in [0.1, 0.15) is 20.0 Å². The van der Waals surface area contributed by atoms with Crippen molar-refractivity contribution < 1.29 is 14.3 Å². The maximum atomic E-state index is 12.6. The lowest BCUT2D eigenvalue weighted by atomic mass is 10.2. The number of methoxy groups -OCH3 is 1. The van der Waals surface area contributed by atoms with E-state index in [4.69, 9.17) is 11.6 Å². The minimum Gasteiger partial charge on any atom is -0.465 e. The van der Waals surface area contributed by atoms with E-state index in [1.54, 1.807) is 30.3 Å². The van der Waals surface area contributed by atoms with Gasteiger partial charge in [0.1, 0.15) is 4.88 Å². The topological polar surface area (TPSA) is 59.5 Å². The van der Waals surface area contributed by atoms with Crippen LogP contribution in [0.4, 0.5) is 5.13 Å². The summed E-state index contributed by atoms with van der Waals surface area (Å²) in [7, 11) is 1.29. The number of thiazole rings is 1. The van der Waals surface area contributed by atoms with Crippen LogP contribution in [0.25, 0.3) is 0 Å². The number of benzene rings is 1. The molecule has 1 heterocycles. The fourth-order valence-electron chi connectivity index (χ4n) is 1.74. The molecule has 0 saturated heterocycles. The van der Waals surface area contributed by atoms with Crippen molar-refractivity contribution in [2.45, 2.75) is 0 Å². The summed E-state index contributed by atoms with van der Waals surface area (Å²) in [6.07, 6.45) is 2.95. The molecule has 0 aliphatic carbocycles. The molecule has 0 N–H and O–H groups in total. The van der Waals surface area contributed by atoms with Crippen LogP contribution >= 0.6 is 22.9 Å². The minimum atomic E-state index is -0.493. The van der Waals surface area contributed by atoms with E-state index in [9.17, 15) is 9.59 Å². The maximum Gasteiger partial charge on any atom is 0.349 e. The van der Waals surface area contributed by atoms with Crippen molar-refractivity contribution >= 4 is 39.9 Å². The van der Waals surface area contributed by atoms with Crippen molar-refractivity contribution in [1.82, 2.24) is 4.98 Å². The minimum absolute atomic E-state index is 0.248. The Hall–Kier alpha value is -2.18. The number of ether oxygens (including phenoxy) is 1. The molecule has 0 aliphatic heterocycles. The van der Waals surface area contributed by atoms with Crippen LogP contribution in [-0.2, 0) is 4.74 Å². The number of carbonyl (C=O) groups is 2. The molecule has 0 spiro atoms. The number of nitrogens with zero attached hydrogens (tertiary/aromatic N) is 2. The second kappa shape index (κ2) is 7.20. The maximum absolute atomic E-state index is 12.6. The summed E-state index contributed by atoms with van der Waals surface area (Å²) in [6, 6.07) is 6.75. The summed E-state index contributed by atoms with van der Waals surface area (Å²) in [5, 5.41) is 0.733. The van der Waals surface area contributed by atoms with Crippen LogP contribution in [0.2, 0.25) is 5.02 Å². The molecule has 7 heteroatoms. The quantitative estimate of drug-likeness (QED) is 0.620. The van der Waals surface area contributed by atoms with E-state index >= 15 is 0 Å². The molecule has 2 rings (SSSR count). The first-order valence-corrected chi connectivity index (χ1v) is 7.49. The molecule has 1 aromatic carbocycles. The molecule has 1 amide bonds. The summed E-state index contributed by atoms with van der Waals surface area (Å²) in [5.41, 5.74) is 0.362. The second-order valence-corrected chi connectivity index (χ2v) is 5.60. The Morgan fingerprint density at radius 1 is 1.45 bits per heavy atom. The van der Waals surface area contributed by atoms with Gasteiger partial charge in [0, 0.05) is 6.54 Å². The van der Waals surface area contributed by atoms with Crippen LogP contribution in [0.15, 0.2) is 43.1 Å². The molecular weight excluding hydrogens is 324 g/mol. The third-order valence-electron chi connectivity index (χ3n) is 2.77. The first-order valence-electron chi connectivity index (χ1n) is 6.30. The van der Waals surface area contributed by atoms with Crippen LogP contribution in [-0.4, -0.2) is 30.5 Å². The van der Waals surface area contributed by atoms with Gasteiger partial charge in [-0.25, -0.2) is 9.78 Å². The van der Waals surface area contributed by atoms with E-state index in [1.807, 2.05) is 0 Å². The zero-order chi connectivity index (χ0) is 16.1. The first-order chi connectivity index (χ1) is 10.6. The Bertz CT molecular complexity index is 714. The smallest absolute Gasteiger partial charge is 0.349 e. The van der Waals surface area contributed by atoms with E-state index < -0.39 is 5.97 Å². The van der Waals surface area contributed by atoms with Crippen molar-refractivity contribution in [3.63, 3.8) is 0 Å². The van der Waals surface area contributed by atoms with E-state index in [0.717, 1.165) is 11.3 Å².